The van der Waals surface area contributed by atoms with E-state index < -0.39 is 0 Å². The number of fused-ring (bicyclic) bond motifs is 1. The second-order valence-electron chi connectivity index (χ2n) is 4.16. The number of benzene rings is 1. The molecule has 0 aromatic heterocycles. The second kappa shape index (κ2) is 4.64. The molecule has 1 heterocycles. The Labute approximate surface area is 91.0 Å². The van der Waals surface area contributed by atoms with Crippen LogP contribution in [0.3, 0.4) is 0 Å². The summed E-state index contributed by atoms with van der Waals surface area (Å²) < 4.78 is 5.59. The van der Waals surface area contributed by atoms with Crippen LogP contribution >= 0.6 is 0 Å². The number of likely N-dealkylation sites (N-methyl/N-ethyl adjacent to an activating group) is 1. The minimum absolute atomic E-state index is 0.362. The van der Waals surface area contributed by atoms with Gasteiger partial charge in [-0.25, -0.2) is 0 Å². The summed E-state index contributed by atoms with van der Waals surface area (Å²) in [5.74, 6) is 1.03. The van der Waals surface area contributed by atoms with Crippen LogP contribution in [0.15, 0.2) is 24.3 Å². The maximum atomic E-state index is 5.59. The van der Waals surface area contributed by atoms with Crippen molar-refractivity contribution < 1.29 is 4.74 Å². The molecule has 2 rings (SSSR count). The first kappa shape index (κ1) is 10.5. The molecule has 0 amide bonds. The third-order valence-electron chi connectivity index (χ3n) is 2.65. The van der Waals surface area contributed by atoms with Crippen LogP contribution in [-0.4, -0.2) is 38.7 Å². The lowest BCUT2D eigenvalue weighted by atomic mass is 10.1. The van der Waals surface area contributed by atoms with Gasteiger partial charge in [0.25, 0.3) is 0 Å². The van der Waals surface area contributed by atoms with Crippen LogP contribution in [0.5, 0.6) is 5.75 Å². The Kier molecular flexibility index (Phi) is 3.23. The van der Waals surface area contributed by atoms with E-state index in [0.29, 0.717) is 6.04 Å². The molecule has 3 heteroatoms. The van der Waals surface area contributed by atoms with Gasteiger partial charge >= 0.3 is 0 Å². The van der Waals surface area contributed by atoms with Crippen LogP contribution in [-0.2, 0) is 0 Å². The summed E-state index contributed by atoms with van der Waals surface area (Å²) in [4.78, 5) is 2.18. The van der Waals surface area contributed by atoms with E-state index in [1.54, 1.807) is 0 Å². The molecular weight excluding hydrogens is 188 g/mol. The molecule has 0 saturated carbocycles. The van der Waals surface area contributed by atoms with Crippen LogP contribution in [0.2, 0.25) is 0 Å². The Bertz CT molecular complexity index is 325. The predicted molar refractivity (Wildman–Crippen MR) is 61.2 cm³/mol. The molecule has 0 saturated heterocycles. The van der Waals surface area contributed by atoms with Gasteiger partial charge in [-0.05, 0) is 20.2 Å². The van der Waals surface area contributed by atoms with Gasteiger partial charge in [-0.1, -0.05) is 18.2 Å². The average Bonchev–Trinajstić information content (AvgIpc) is 2.62. The molecule has 0 aliphatic carbocycles. The van der Waals surface area contributed by atoms with E-state index in [-0.39, 0.29) is 0 Å². The topological polar surface area (TPSA) is 24.5 Å². The van der Waals surface area contributed by atoms with Crippen molar-refractivity contribution in [2.45, 2.75) is 6.04 Å². The van der Waals surface area contributed by atoms with Gasteiger partial charge in [-0.3, -0.25) is 0 Å². The van der Waals surface area contributed by atoms with Crippen molar-refractivity contribution in [3.8, 4) is 5.75 Å². The van der Waals surface area contributed by atoms with Gasteiger partial charge in [0.05, 0.1) is 6.04 Å². The fourth-order valence-electron chi connectivity index (χ4n) is 1.79. The summed E-state index contributed by atoms with van der Waals surface area (Å²) >= 11 is 0. The Balaban J connectivity index is 1.90. The first-order valence-electron chi connectivity index (χ1n) is 5.37. The van der Waals surface area contributed by atoms with Gasteiger partial charge in [-0.15, -0.1) is 0 Å². The molecule has 0 fully saturated rings. The van der Waals surface area contributed by atoms with E-state index in [0.717, 1.165) is 25.4 Å². The molecular formula is C12H18N2O. The number of hydrogen-bond donors (Lipinski definition) is 1. The molecule has 1 unspecified atom stereocenters. The number of nitrogens with one attached hydrogen (secondary N) is 1. The van der Waals surface area contributed by atoms with E-state index in [9.17, 15) is 0 Å². The molecule has 1 atom stereocenters. The maximum absolute atomic E-state index is 5.59. The van der Waals surface area contributed by atoms with Crippen molar-refractivity contribution in [1.29, 1.82) is 0 Å². The second-order valence-corrected chi connectivity index (χ2v) is 4.16. The summed E-state index contributed by atoms with van der Waals surface area (Å²) in [5.41, 5.74) is 1.29. The number of rotatable bonds is 4. The highest BCUT2D eigenvalue weighted by atomic mass is 16.5. The van der Waals surface area contributed by atoms with E-state index in [4.69, 9.17) is 4.74 Å². The first-order valence-corrected chi connectivity index (χ1v) is 5.37. The van der Waals surface area contributed by atoms with Gasteiger partial charge in [0, 0.05) is 18.7 Å². The smallest absolute Gasteiger partial charge is 0.124 e. The van der Waals surface area contributed by atoms with E-state index in [1.807, 2.05) is 12.1 Å². The number of para-hydroxylation sites is 1. The highest BCUT2D eigenvalue weighted by Gasteiger charge is 2.22. The number of hydrogen-bond acceptors (Lipinski definition) is 3. The standard InChI is InChI=1S/C12H18N2O/c1-14(2)8-7-13-11-9-15-12-6-4-3-5-10(11)12/h3-6,11,13H,7-9H2,1-2H3. The Morgan fingerprint density at radius 2 is 2.20 bits per heavy atom. The quantitative estimate of drug-likeness (QED) is 0.803. The van der Waals surface area contributed by atoms with Crippen LogP contribution in [0, 0.1) is 0 Å². The molecule has 1 aliphatic rings. The number of nitrogens with zero attached hydrogens (tertiary/aromatic N) is 1. The van der Waals surface area contributed by atoms with Gasteiger partial charge in [-0.2, -0.15) is 0 Å². The van der Waals surface area contributed by atoms with Crippen LogP contribution in [0.25, 0.3) is 0 Å². The van der Waals surface area contributed by atoms with Crippen molar-refractivity contribution in [3.63, 3.8) is 0 Å². The molecule has 1 aromatic rings. The molecule has 0 bridgehead atoms. The van der Waals surface area contributed by atoms with Crippen molar-refractivity contribution in [3.05, 3.63) is 29.8 Å². The minimum atomic E-state index is 0.362. The lowest BCUT2D eigenvalue weighted by Crippen LogP contribution is -2.30. The minimum Gasteiger partial charge on any atom is -0.491 e. The molecule has 15 heavy (non-hydrogen) atoms. The third kappa shape index (κ3) is 2.49. The van der Waals surface area contributed by atoms with Gasteiger partial charge < -0.3 is 15.0 Å². The van der Waals surface area contributed by atoms with Crippen LogP contribution < -0.4 is 10.1 Å². The van der Waals surface area contributed by atoms with E-state index in [2.05, 4.69) is 36.4 Å². The molecule has 0 spiro atoms. The largest absolute Gasteiger partial charge is 0.491 e. The zero-order valence-corrected chi connectivity index (χ0v) is 9.36. The van der Waals surface area contributed by atoms with E-state index >= 15 is 0 Å². The maximum Gasteiger partial charge on any atom is 0.124 e. The fourth-order valence-corrected chi connectivity index (χ4v) is 1.79. The SMILES string of the molecule is CN(C)CCNC1COc2ccccc21. The Hall–Kier alpha value is -1.06. The van der Waals surface area contributed by atoms with Crippen molar-refractivity contribution in [2.24, 2.45) is 0 Å². The highest BCUT2D eigenvalue weighted by molar-refractivity contribution is 5.39. The monoisotopic (exact) mass is 206 g/mol. The fraction of sp³-hybridized carbons (Fsp3) is 0.500. The molecule has 3 nitrogen and oxygen atoms in total. The Morgan fingerprint density at radius 1 is 1.40 bits per heavy atom. The van der Waals surface area contributed by atoms with Crippen LogP contribution in [0.1, 0.15) is 11.6 Å². The lowest BCUT2D eigenvalue weighted by Gasteiger charge is -2.14. The normalized spacial score (nSPS) is 19.0. The first-order chi connectivity index (χ1) is 7.27. The molecule has 1 aromatic carbocycles. The molecule has 82 valence electrons. The highest BCUT2D eigenvalue weighted by Crippen LogP contribution is 2.31. The van der Waals surface area contributed by atoms with Gasteiger partial charge in [0.1, 0.15) is 12.4 Å². The summed E-state index contributed by atoms with van der Waals surface area (Å²) in [5, 5.41) is 3.50. The summed E-state index contributed by atoms with van der Waals surface area (Å²) in [6, 6.07) is 8.61. The lowest BCUT2D eigenvalue weighted by molar-refractivity contribution is 0.303. The van der Waals surface area contributed by atoms with Crippen LogP contribution in [0.4, 0.5) is 0 Å². The zero-order valence-electron chi connectivity index (χ0n) is 9.36. The summed E-state index contributed by atoms with van der Waals surface area (Å²) in [7, 11) is 4.17. The molecule has 0 radical (unpaired) electrons. The van der Waals surface area contributed by atoms with E-state index in [1.165, 1.54) is 5.56 Å². The summed E-state index contributed by atoms with van der Waals surface area (Å²) in [6.07, 6.45) is 0. The van der Waals surface area contributed by atoms with Gasteiger partial charge in [0.15, 0.2) is 0 Å². The number of ether oxygens (including phenoxy) is 1. The zero-order chi connectivity index (χ0) is 10.7. The van der Waals surface area contributed by atoms with Crippen molar-refractivity contribution >= 4 is 0 Å². The Morgan fingerprint density at radius 3 is 3.00 bits per heavy atom. The van der Waals surface area contributed by atoms with Gasteiger partial charge in [0.2, 0.25) is 0 Å². The average molecular weight is 206 g/mol. The van der Waals surface area contributed by atoms with Crippen molar-refractivity contribution in [2.75, 3.05) is 33.8 Å². The molecule has 1 aliphatic heterocycles. The predicted octanol–water partition coefficient (Wildman–Crippen LogP) is 1.27. The van der Waals surface area contributed by atoms with Crippen molar-refractivity contribution in [1.82, 2.24) is 10.2 Å². The third-order valence-corrected chi connectivity index (χ3v) is 2.65. The summed E-state index contributed by atoms with van der Waals surface area (Å²) in [6.45, 7) is 2.81. The molecule has 1 N–H and O–H groups in total.